The van der Waals surface area contributed by atoms with E-state index in [4.69, 9.17) is 5.11 Å². The SMILES string of the molecule is O[C@H]1[C@H](F)C(F)(F)OC1(F)F. The molecule has 66 valence electrons. The standard InChI is InChI=1S/C4H3F5O2/c5-1-2(10)4(8,9)11-3(1,6)7/h1-2,10H/t1-,2-/m0/s1. The molecule has 0 aromatic carbocycles. The van der Waals surface area contributed by atoms with Crippen molar-refractivity contribution in [2.75, 3.05) is 0 Å². The van der Waals surface area contributed by atoms with E-state index in [0.29, 0.717) is 0 Å². The van der Waals surface area contributed by atoms with Crippen molar-refractivity contribution >= 4 is 0 Å². The van der Waals surface area contributed by atoms with E-state index in [1.165, 1.54) is 0 Å². The molecule has 2 atom stereocenters. The van der Waals surface area contributed by atoms with E-state index in [0.717, 1.165) is 0 Å². The molecular formula is C4H3F5O2. The maximum absolute atomic E-state index is 12.0. The van der Waals surface area contributed by atoms with Crippen LogP contribution in [0.25, 0.3) is 0 Å². The van der Waals surface area contributed by atoms with Gasteiger partial charge >= 0.3 is 12.2 Å². The van der Waals surface area contributed by atoms with Gasteiger partial charge in [0.25, 0.3) is 0 Å². The van der Waals surface area contributed by atoms with Crippen LogP contribution in [0.3, 0.4) is 0 Å². The molecule has 1 aliphatic heterocycles. The lowest BCUT2D eigenvalue weighted by molar-refractivity contribution is -0.344. The molecule has 0 aromatic rings. The van der Waals surface area contributed by atoms with Crippen molar-refractivity contribution in [1.82, 2.24) is 0 Å². The molecule has 1 aliphatic rings. The lowest BCUT2D eigenvalue weighted by Gasteiger charge is -2.10. The molecule has 1 N–H and O–H groups in total. The van der Waals surface area contributed by atoms with Crippen molar-refractivity contribution in [2.45, 2.75) is 24.5 Å². The number of alkyl halides is 5. The summed E-state index contributed by atoms with van der Waals surface area (Å²) in [6.45, 7) is 0. The van der Waals surface area contributed by atoms with Gasteiger partial charge in [-0.05, 0) is 0 Å². The van der Waals surface area contributed by atoms with Crippen molar-refractivity contribution in [3.05, 3.63) is 0 Å². The van der Waals surface area contributed by atoms with Crippen molar-refractivity contribution in [1.29, 1.82) is 0 Å². The Morgan fingerprint density at radius 3 is 1.64 bits per heavy atom. The first-order chi connectivity index (χ1) is 4.77. The molecule has 0 bridgehead atoms. The van der Waals surface area contributed by atoms with E-state index >= 15 is 0 Å². The Hall–Kier alpha value is -0.430. The maximum Gasteiger partial charge on any atom is 0.394 e. The summed E-state index contributed by atoms with van der Waals surface area (Å²) in [5.74, 6) is 0. The lowest BCUT2D eigenvalue weighted by atomic mass is 10.2. The van der Waals surface area contributed by atoms with Gasteiger partial charge in [-0.1, -0.05) is 0 Å². The molecule has 1 heterocycles. The Labute approximate surface area is 57.6 Å². The van der Waals surface area contributed by atoms with Gasteiger partial charge in [0.1, 0.15) is 0 Å². The minimum atomic E-state index is -4.61. The summed E-state index contributed by atoms with van der Waals surface area (Å²) >= 11 is 0. The van der Waals surface area contributed by atoms with Crippen LogP contribution in [0.5, 0.6) is 0 Å². The minimum absolute atomic E-state index is 2.67. The summed E-state index contributed by atoms with van der Waals surface area (Å²) in [6, 6.07) is 0. The van der Waals surface area contributed by atoms with E-state index in [-0.39, 0.29) is 0 Å². The van der Waals surface area contributed by atoms with E-state index < -0.39 is 24.5 Å². The molecule has 0 unspecified atom stereocenters. The minimum Gasteiger partial charge on any atom is -0.381 e. The zero-order valence-corrected chi connectivity index (χ0v) is 4.90. The smallest absolute Gasteiger partial charge is 0.381 e. The number of halogens is 5. The second-order valence-corrected chi connectivity index (χ2v) is 2.07. The Bertz CT molecular complexity index is 152. The van der Waals surface area contributed by atoms with Crippen LogP contribution < -0.4 is 0 Å². The van der Waals surface area contributed by atoms with Gasteiger partial charge in [-0.3, -0.25) is 4.74 Å². The number of hydrogen-bond donors (Lipinski definition) is 1. The van der Waals surface area contributed by atoms with Gasteiger partial charge in [0.2, 0.25) is 6.17 Å². The van der Waals surface area contributed by atoms with Crippen LogP contribution in [0.4, 0.5) is 22.0 Å². The molecule has 0 spiro atoms. The molecule has 0 saturated carbocycles. The van der Waals surface area contributed by atoms with E-state index in [1.54, 1.807) is 0 Å². The number of aliphatic hydroxyl groups is 1. The van der Waals surface area contributed by atoms with Gasteiger partial charge in [0.15, 0.2) is 6.10 Å². The van der Waals surface area contributed by atoms with Crippen LogP contribution in [0.15, 0.2) is 0 Å². The van der Waals surface area contributed by atoms with E-state index in [1.807, 2.05) is 0 Å². The molecule has 0 aliphatic carbocycles. The zero-order chi connectivity index (χ0) is 8.86. The third kappa shape index (κ3) is 1.18. The molecule has 1 fully saturated rings. The quantitative estimate of drug-likeness (QED) is 0.558. The third-order valence-corrected chi connectivity index (χ3v) is 1.21. The summed E-state index contributed by atoms with van der Waals surface area (Å²) in [5, 5.41) is 8.13. The predicted octanol–water partition coefficient (Wildman–Crippen LogP) is 0.901. The fraction of sp³-hybridized carbons (Fsp3) is 1.00. The summed E-state index contributed by atoms with van der Waals surface area (Å²) in [4.78, 5) is 0. The maximum atomic E-state index is 12.0. The Balaban J connectivity index is 2.86. The highest BCUT2D eigenvalue weighted by Crippen LogP contribution is 2.43. The highest BCUT2D eigenvalue weighted by atomic mass is 19.3. The average Bonchev–Trinajstić information content (AvgIpc) is 1.91. The highest BCUT2D eigenvalue weighted by molar-refractivity contribution is 4.90. The van der Waals surface area contributed by atoms with Crippen molar-refractivity contribution in [3.8, 4) is 0 Å². The molecule has 7 heteroatoms. The van der Waals surface area contributed by atoms with Gasteiger partial charge in [-0.25, -0.2) is 4.39 Å². The second kappa shape index (κ2) is 2.04. The first kappa shape index (κ1) is 8.66. The Kier molecular flexibility index (Phi) is 1.61. The summed E-state index contributed by atoms with van der Waals surface area (Å²) in [5.41, 5.74) is 0. The van der Waals surface area contributed by atoms with Gasteiger partial charge in [0.05, 0.1) is 0 Å². The monoisotopic (exact) mass is 178 g/mol. The molecular weight excluding hydrogens is 175 g/mol. The van der Waals surface area contributed by atoms with Crippen molar-refractivity contribution in [3.63, 3.8) is 0 Å². The number of ether oxygens (including phenoxy) is 1. The van der Waals surface area contributed by atoms with Gasteiger partial charge < -0.3 is 5.11 Å². The molecule has 0 radical (unpaired) electrons. The molecule has 0 aromatic heterocycles. The lowest BCUT2D eigenvalue weighted by Crippen LogP contribution is -2.34. The molecule has 2 nitrogen and oxygen atoms in total. The first-order valence-corrected chi connectivity index (χ1v) is 2.55. The normalized spacial score (nSPS) is 40.9. The van der Waals surface area contributed by atoms with Crippen LogP contribution in [0.1, 0.15) is 0 Å². The summed E-state index contributed by atoms with van der Waals surface area (Å²) in [7, 11) is 0. The van der Waals surface area contributed by atoms with Gasteiger partial charge in [0, 0.05) is 0 Å². The third-order valence-electron chi connectivity index (χ3n) is 1.21. The first-order valence-electron chi connectivity index (χ1n) is 2.55. The largest absolute Gasteiger partial charge is 0.394 e. The van der Waals surface area contributed by atoms with Crippen LogP contribution >= 0.6 is 0 Å². The van der Waals surface area contributed by atoms with Gasteiger partial charge in [-0.15, -0.1) is 0 Å². The van der Waals surface area contributed by atoms with Gasteiger partial charge in [-0.2, -0.15) is 17.6 Å². The van der Waals surface area contributed by atoms with E-state index in [2.05, 4.69) is 4.74 Å². The Morgan fingerprint density at radius 1 is 1.09 bits per heavy atom. The highest BCUT2D eigenvalue weighted by Gasteiger charge is 2.67. The summed E-state index contributed by atoms with van der Waals surface area (Å²) in [6.07, 6.45) is -15.6. The summed E-state index contributed by atoms with van der Waals surface area (Å²) < 4.78 is 62.1. The van der Waals surface area contributed by atoms with Crippen molar-refractivity contribution in [2.24, 2.45) is 0 Å². The number of hydrogen-bond acceptors (Lipinski definition) is 2. The molecule has 1 rings (SSSR count). The van der Waals surface area contributed by atoms with Crippen LogP contribution in [0.2, 0.25) is 0 Å². The van der Waals surface area contributed by atoms with Crippen molar-refractivity contribution < 1.29 is 31.8 Å². The molecule has 1 saturated heterocycles. The topological polar surface area (TPSA) is 29.5 Å². The van der Waals surface area contributed by atoms with Crippen LogP contribution in [0, 0.1) is 0 Å². The zero-order valence-electron chi connectivity index (χ0n) is 4.90. The fourth-order valence-electron chi connectivity index (χ4n) is 0.652. The van der Waals surface area contributed by atoms with E-state index in [9.17, 15) is 22.0 Å². The predicted molar refractivity (Wildman–Crippen MR) is 21.9 cm³/mol. The van der Waals surface area contributed by atoms with Crippen LogP contribution in [-0.4, -0.2) is 29.6 Å². The second-order valence-electron chi connectivity index (χ2n) is 2.07. The Morgan fingerprint density at radius 2 is 1.55 bits per heavy atom. The number of rotatable bonds is 0. The average molecular weight is 178 g/mol. The fourth-order valence-corrected chi connectivity index (χ4v) is 0.652. The number of aliphatic hydroxyl groups excluding tert-OH is 1. The molecule has 0 amide bonds. The molecule has 11 heavy (non-hydrogen) atoms. The van der Waals surface area contributed by atoms with Crippen LogP contribution in [-0.2, 0) is 4.74 Å².